The van der Waals surface area contributed by atoms with E-state index in [0.717, 1.165) is 29.4 Å². The molecule has 1 aliphatic heterocycles. The quantitative estimate of drug-likeness (QED) is 0.812. The molecule has 0 radical (unpaired) electrons. The monoisotopic (exact) mass is 349 g/mol. The summed E-state index contributed by atoms with van der Waals surface area (Å²) in [4.78, 5) is 16.7. The van der Waals surface area contributed by atoms with Gasteiger partial charge in [0.15, 0.2) is 10.2 Å². The summed E-state index contributed by atoms with van der Waals surface area (Å²) in [5, 5.41) is 2.75. The zero-order valence-electron chi connectivity index (χ0n) is 12.9. The summed E-state index contributed by atoms with van der Waals surface area (Å²) in [6.45, 7) is 3.28. The average Bonchev–Trinajstić information content (AvgIpc) is 3.25. The predicted octanol–water partition coefficient (Wildman–Crippen LogP) is 2.98. The van der Waals surface area contributed by atoms with E-state index in [0.29, 0.717) is 12.4 Å². The minimum Gasteiger partial charge on any atom is -0.376 e. The van der Waals surface area contributed by atoms with Crippen LogP contribution in [0.1, 0.15) is 19.8 Å². The third kappa shape index (κ3) is 4.53. The fourth-order valence-corrected chi connectivity index (χ4v) is 4.12. The number of carbonyl (C=O) groups is 1. The van der Waals surface area contributed by atoms with Crippen molar-refractivity contribution in [2.45, 2.75) is 35.5 Å². The summed E-state index contributed by atoms with van der Waals surface area (Å²) in [6.07, 6.45) is 2.28. The molecule has 1 aromatic carbocycles. The molecular formula is C16H19N3O2S2. The minimum atomic E-state index is -0.201. The van der Waals surface area contributed by atoms with E-state index in [9.17, 15) is 4.79 Å². The Hall–Kier alpha value is -1.44. The molecule has 1 saturated heterocycles. The van der Waals surface area contributed by atoms with Crippen LogP contribution in [0.15, 0.2) is 34.7 Å². The lowest BCUT2D eigenvalue weighted by Crippen LogP contribution is -2.36. The molecule has 23 heavy (non-hydrogen) atoms. The van der Waals surface area contributed by atoms with Crippen molar-refractivity contribution >= 4 is 29.2 Å². The molecule has 2 unspecified atom stereocenters. The number of nitrogens with one attached hydrogen (secondary N) is 1. The van der Waals surface area contributed by atoms with Crippen molar-refractivity contribution in [2.75, 3.05) is 13.2 Å². The third-order valence-electron chi connectivity index (χ3n) is 3.61. The maximum atomic E-state index is 12.1. The Bertz CT molecular complexity index is 642. The molecule has 7 heteroatoms. The Labute approximate surface area is 144 Å². The molecule has 0 bridgehead atoms. The van der Waals surface area contributed by atoms with Gasteiger partial charge in [-0.25, -0.2) is 4.98 Å². The number of rotatable bonds is 6. The van der Waals surface area contributed by atoms with Gasteiger partial charge in [0, 0.05) is 18.7 Å². The second-order valence-electron chi connectivity index (χ2n) is 5.39. The topological polar surface area (TPSA) is 64.1 Å². The van der Waals surface area contributed by atoms with Gasteiger partial charge in [-0.3, -0.25) is 4.79 Å². The number of benzene rings is 1. The molecule has 0 saturated carbocycles. The van der Waals surface area contributed by atoms with Crippen molar-refractivity contribution in [1.82, 2.24) is 14.7 Å². The van der Waals surface area contributed by atoms with Crippen LogP contribution in [0.4, 0.5) is 0 Å². The van der Waals surface area contributed by atoms with Crippen LogP contribution < -0.4 is 5.32 Å². The van der Waals surface area contributed by atoms with Crippen molar-refractivity contribution in [3.05, 3.63) is 30.3 Å². The number of ether oxygens (including phenoxy) is 1. The van der Waals surface area contributed by atoms with E-state index in [-0.39, 0.29) is 17.3 Å². The van der Waals surface area contributed by atoms with Crippen LogP contribution in [-0.4, -0.2) is 39.8 Å². The van der Waals surface area contributed by atoms with Crippen molar-refractivity contribution in [1.29, 1.82) is 0 Å². The first-order chi connectivity index (χ1) is 11.2. The third-order valence-corrected chi connectivity index (χ3v) is 5.50. The van der Waals surface area contributed by atoms with Crippen LogP contribution in [0.25, 0.3) is 11.4 Å². The highest BCUT2D eigenvalue weighted by Crippen LogP contribution is 2.28. The van der Waals surface area contributed by atoms with E-state index < -0.39 is 0 Å². The number of carbonyl (C=O) groups excluding carboxylic acids is 1. The number of amides is 1. The first-order valence-electron chi connectivity index (χ1n) is 7.67. The Balaban J connectivity index is 1.52. The fourth-order valence-electron chi connectivity index (χ4n) is 2.33. The standard InChI is InChI=1S/C16H19N3O2S2/c1-11(15(20)17-10-13-8-5-9-21-13)22-16-18-14(19-23-16)12-6-3-2-4-7-12/h2-4,6-7,11,13H,5,8-10H2,1H3,(H,17,20). The maximum Gasteiger partial charge on any atom is 0.233 e. The van der Waals surface area contributed by atoms with Gasteiger partial charge in [0.05, 0.1) is 11.4 Å². The number of hydrogen-bond acceptors (Lipinski definition) is 6. The van der Waals surface area contributed by atoms with Gasteiger partial charge in [0.2, 0.25) is 5.91 Å². The smallest absolute Gasteiger partial charge is 0.233 e. The summed E-state index contributed by atoms with van der Waals surface area (Å²) < 4.78 is 10.7. The second kappa shape index (κ2) is 7.90. The molecular weight excluding hydrogens is 330 g/mol. The molecule has 1 fully saturated rings. The molecule has 3 rings (SSSR count). The first kappa shape index (κ1) is 16.4. The highest BCUT2D eigenvalue weighted by atomic mass is 32.2. The van der Waals surface area contributed by atoms with Gasteiger partial charge in [0.25, 0.3) is 0 Å². The van der Waals surface area contributed by atoms with Crippen molar-refractivity contribution < 1.29 is 9.53 Å². The SMILES string of the molecule is CC(Sc1nc(-c2ccccc2)ns1)C(=O)NCC1CCCO1. The Morgan fingerprint density at radius 1 is 1.48 bits per heavy atom. The molecule has 2 heterocycles. The summed E-state index contributed by atoms with van der Waals surface area (Å²) in [6, 6.07) is 9.85. The van der Waals surface area contributed by atoms with Crippen LogP contribution in [0.5, 0.6) is 0 Å². The number of hydrogen-bond donors (Lipinski definition) is 1. The predicted molar refractivity (Wildman–Crippen MR) is 92.6 cm³/mol. The van der Waals surface area contributed by atoms with E-state index in [1.165, 1.54) is 23.3 Å². The highest BCUT2D eigenvalue weighted by molar-refractivity contribution is 8.02. The second-order valence-corrected chi connectivity index (χ2v) is 7.73. The fraction of sp³-hybridized carbons (Fsp3) is 0.438. The number of aromatic nitrogens is 2. The van der Waals surface area contributed by atoms with Crippen LogP contribution in [0.3, 0.4) is 0 Å². The van der Waals surface area contributed by atoms with E-state index in [1.807, 2.05) is 37.3 Å². The van der Waals surface area contributed by atoms with Crippen LogP contribution >= 0.6 is 23.3 Å². The van der Waals surface area contributed by atoms with Gasteiger partial charge >= 0.3 is 0 Å². The molecule has 1 aliphatic rings. The Morgan fingerprint density at radius 3 is 3.04 bits per heavy atom. The van der Waals surface area contributed by atoms with Crippen molar-refractivity contribution in [2.24, 2.45) is 0 Å². The van der Waals surface area contributed by atoms with E-state index in [4.69, 9.17) is 4.74 Å². The van der Waals surface area contributed by atoms with Crippen molar-refractivity contribution in [3.8, 4) is 11.4 Å². The van der Waals surface area contributed by atoms with Gasteiger partial charge in [0.1, 0.15) is 0 Å². The zero-order valence-corrected chi connectivity index (χ0v) is 14.5. The van der Waals surface area contributed by atoms with Crippen LogP contribution in [0, 0.1) is 0 Å². The normalized spacial score (nSPS) is 18.7. The van der Waals surface area contributed by atoms with E-state index >= 15 is 0 Å². The maximum absolute atomic E-state index is 12.1. The summed E-state index contributed by atoms with van der Waals surface area (Å²) in [5.74, 6) is 0.729. The van der Waals surface area contributed by atoms with Gasteiger partial charge in [-0.15, -0.1) is 0 Å². The summed E-state index contributed by atoms with van der Waals surface area (Å²) in [7, 11) is 0. The van der Waals surface area contributed by atoms with E-state index in [2.05, 4.69) is 14.7 Å². The van der Waals surface area contributed by atoms with Crippen LogP contribution in [-0.2, 0) is 9.53 Å². The molecule has 0 spiro atoms. The molecule has 122 valence electrons. The molecule has 1 aromatic heterocycles. The lowest BCUT2D eigenvalue weighted by atomic mass is 10.2. The molecule has 2 aromatic rings. The summed E-state index contributed by atoms with van der Waals surface area (Å²) >= 11 is 2.77. The van der Waals surface area contributed by atoms with Crippen LogP contribution in [0.2, 0.25) is 0 Å². The summed E-state index contributed by atoms with van der Waals surface area (Å²) in [5.41, 5.74) is 0.992. The zero-order chi connectivity index (χ0) is 16.1. The number of thioether (sulfide) groups is 1. The molecule has 2 atom stereocenters. The Morgan fingerprint density at radius 2 is 2.30 bits per heavy atom. The lowest BCUT2D eigenvalue weighted by Gasteiger charge is -2.13. The molecule has 1 amide bonds. The Kier molecular flexibility index (Phi) is 5.64. The van der Waals surface area contributed by atoms with E-state index in [1.54, 1.807) is 0 Å². The molecule has 0 aliphatic carbocycles. The highest BCUT2D eigenvalue weighted by Gasteiger charge is 2.20. The van der Waals surface area contributed by atoms with Gasteiger partial charge in [-0.2, -0.15) is 4.37 Å². The molecule has 1 N–H and O–H groups in total. The van der Waals surface area contributed by atoms with Gasteiger partial charge in [-0.1, -0.05) is 42.1 Å². The largest absolute Gasteiger partial charge is 0.376 e. The lowest BCUT2D eigenvalue weighted by molar-refractivity contribution is -0.120. The number of nitrogens with zero attached hydrogens (tertiary/aromatic N) is 2. The van der Waals surface area contributed by atoms with Gasteiger partial charge < -0.3 is 10.1 Å². The average molecular weight is 349 g/mol. The molecule has 5 nitrogen and oxygen atoms in total. The minimum absolute atomic E-state index is 0.0157. The van der Waals surface area contributed by atoms with Gasteiger partial charge in [-0.05, 0) is 31.3 Å². The van der Waals surface area contributed by atoms with Crippen molar-refractivity contribution in [3.63, 3.8) is 0 Å². The first-order valence-corrected chi connectivity index (χ1v) is 9.33.